The van der Waals surface area contributed by atoms with E-state index >= 15 is 0 Å². The molecule has 0 bridgehead atoms. The molecular weight excluding hydrogens is 510 g/mol. The van der Waals surface area contributed by atoms with Crippen molar-refractivity contribution in [2.24, 2.45) is 0 Å². The first kappa shape index (κ1) is 23.7. The van der Waals surface area contributed by atoms with Gasteiger partial charge in [-0.2, -0.15) is 0 Å². The Morgan fingerprint density at radius 1 is 1.30 bits per heavy atom. The van der Waals surface area contributed by atoms with Crippen LogP contribution in [-0.2, 0) is 22.7 Å². The van der Waals surface area contributed by atoms with Crippen molar-refractivity contribution in [3.63, 3.8) is 0 Å². The minimum Gasteiger partial charge on any atom is -0.462 e. The van der Waals surface area contributed by atoms with Crippen molar-refractivity contribution in [2.75, 3.05) is 25.6 Å². The summed E-state index contributed by atoms with van der Waals surface area (Å²) in [6, 6.07) is 5.53. The molecule has 0 saturated heterocycles. The van der Waals surface area contributed by atoms with E-state index in [0.717, 1.165) is 34.3 Å². The van der Waals surface area contributed by atoms with Gasteiger partial charge in [-0.15, -0.1) is 0 Å². The predicted molar refractivity (Wildman–Crippen MR) is 132 cm³/mol. The largest absolute Gasteiger partial charge is 0.462 e. The Morgan fingerprint density at radius 3 is 2.73 bits per heavy atom. The van der Waals surface area contributed by atoms with Crippen LogP contribution in [-0.4, -0.2) is 36.2 Å². The number of rotatable bonds is 8. The third-order valence-electron chi connectivity index (χ3n) is 5.56. The number of esters is 1. The van der Waals surface area contributed by atoms with Gasteiger partial charge in [-0.3, -0.25) is 4.79 Å². The second kappa shape index (κ2) is 9.83. The first-order valence-corrected chi connectivity index (χ1v) is 11.9. The number of carbonyl (C=O) groups excluding carboxylic acids is 1. The fourth-order valence-corrected chi connectivity index (χ4v) is 4.25. The standard InChI is InChI=1S/C24H25BrClN3O4/c1-4-33-24(31)17-11-29(15-5-6-15)22-16(23(17)30)7-8-20(26)18(22)13-32-12-14-9-21(28(2)3)27-10-19(14)25/h7-11,15H,4-6,12-13H2,1-3H3. The summed E-state index contributed by atoms with van der Waals surface area (Å²) >= 11 is 10.1. The van der Waals surface area contributed by atoms with E-state index in [-0.39, 0.29) is 30.2 Å². The summed E-state index contributed by atoms with van der Waals surface area (Å²) in [6.07, 6.45) is 5.32. The van der Waals surface area contributed by atoms with Gasteiger partial charge in [0, 0.05) is 53.0 Å². The van der Waals surface area contributed by atoms with Crippen LogP contribution in [0.4, 0.5) is 5.82 Å². The Morgan fingerprint density at radius 2 is 2.06 bits per heavy atom. The van der Waals surface area contributed by atoms with E-state index in [2.05, 4.69) is 20.9 Å². The fraction of sp³-hybridized carbons (Fsp3) is 0.375. The minimum atomic E-state index is -0.606. The highest BCUT2D eigenvalue weighted by Crippen LogP contribution is 2.39. The number of fused-ring (bicyclic) bond motifs is 1. The van der Waals surface area contributed by atoms with Crippen molar-refractivity contribution in [2.45, 2.75) is 39.0 Å². The number of aromatic nitrogens is 2. The first-order chi connectivity index (χ1) is 15.8. The normalized spacial score (nSPS) is 13.4. The lowest BCUT2D eigenvalue weighted by Crippen LogP contribution is -2.21. The van der Waals surface area contributed by atoms with Crippen LogP contribution in [0.15, 0.2) is 39.9 Å². The van der Waals surface area contributed by atoms with Crippen LogP contribution in [0.2, 0.25) is 5.02 Å². The summed E-state index contributed by atoms with van der Waals surface area (Å²) in [7, 11) is 3.86. The lowest BCUT2D eigenvalue weighted by atomic mass is 10.1. The molecule has 1 aliphatic carbocycles. The molecule has 174 valence electrons. The van der Waals surface area contributed by atoms with Gasteiger partial charge in [-0.25, -0.2) is 9.78 Å². The topological polar surface area (TPSA) is 73.7 Å². The van der Waals surface area contributed by atoms with Crippen LogP contribution in [0.3, 0.4) is 0 Å². The summed E-state index contributed by atoms with van der Waals surface area (Å²) in [6.45, 7) is 2.48. The minimum absolute atomic E-state index is 0.0439. The number of halogens is 2. The third-order valence-corrected chi connectivity index (χ3v) is 6.63. The second-order valence-electron chi connectivity index (χ2n) is 8.17. The van der Waals surface area contributed by atoms with E-state index in [1.807, 2.05) is 29.6 Å². The molecule has 2 heterocycles. The van der Waals surface area contributed by atoms with Gasteiger partial charge in [-0.1, -0.05) is 11.6 Å². The molecule has 0 atom stereocenters. The number of nitrogens with zero attached hydrogens (tertiary/aromatic N) is 3. The summed E-state index contributed by atoms with van der Waals surface area (Å²) in [4.78, 5) is 31.8. The molecule has 7 nitrogen and oxygen atoms in total. The highest BCUT2D eigenvalue weighted by atomic mass is 79.9. The maximum absolute atomic E-state index is 13.1. The van der Waals surface area contributed by atoms with E-state index in [1.165, 1.54) is 0 Å². The van der Waals surface area contributed by atoms with E-state index in [1.54, 1.807) is 31.5 Å². The molecule has 9 heteroatoms. The number of carbonyl (C=O) groups is 1. The van der Waals surface area contributed by atoms with Crippen LogP contribution < -0.4 is 10.3 Å². The van der Waals surface area contributed by atoms with Gasteiger partial charge in [0.1, 0.15) is 11.4 Å². The maximum Gasteiger partial charge on any atom is 0.343 e. The Kier molecular flexibility index (Phi) is 7.07. The molecule has 0 spiro atoms. The maximum atomic E-state index is 13.1. The number of hydrogen-bond donors (Lipinski definition) is 0. The van der Waals surface area contributed by atoms with Crippen molar-refractivity contribution in [1.82, 2.24) is 9.55 Å². The Bertz CT molecular complexity index is 1270. The van der Waals surface area contributed by atoms with E-state index in [0.29, 0.717) is 22.5 Å². The number of ether oxygens (including phenoxy) is 2. The zero-order valence-corrected chi connectivity index (χ0v) is 21.1. The third kappa shape index (κ3) is 4.93. The smallest absolute Gasteiger partial charge is 0.343 e. The van der Waals surface area contributed by atoms with Crippen LogP contribution in [0.5, 0.6) is 0 Å². The molecule has 3 aromatic rings. The summed E-state index contributed by atoms with van der Waals surface area (Å²) in [5.41, 5.74) is 2.08. The molecule has 0 amide bonds. The highest BCUT2D eigenvalue weighted by molar-refractivity contribution is 9.10. The Labute approximate surface area is 205 Å². The van der Waals surface area contributed by atoms with Crippen molar-refractivity contribution >= 4 is 50.2 Å². The van der Waals surface area contributed by atoms with Crippen LogP contribution in [0.25, 0.3) is 10.9 Å². The molecule has 1 aromatic carbocycles. The van der Waals surface area contributed by atoms with Crippen molar-refractivity contribution in [3.8, 4) is 0 Å². The van der Waals surface area contributed by atoms with Crippen molar-refractivity contribution < 1.29 is 14.3 Å². The van der Waals surface area contributed by atoms with Crippen molar-refractivity contribution in [1.29, 1.82) is 0 Å². The quantitative estimate of drug-likeness (QED) is 0.374. The first-order valence-electron chi connectivity index (χ1n) is 10.7. The van der Waals surface area contributed by atoms with Crippen LogP contribution in [0.1, 0.15) is 47.3 Å². The number of pyridine rings is 2. The lowest BCUT2D eigenvalue weighted by molar-refractivity contribution is 0.0524. The van der Waals surface area contributed by atoms with Crippen LogP contribution >= 0.6 is 27.5 Å². The van der Waals surface area contributed by atoms with Crippen molar-refractivity contribution in [3.05, 3.63) is 67.0 Å². The molecule has 0 N–H and O–H groups in total. The molecule has 33 heavy (non-hydrogen) atoms. The number of anilines is 1. The molecule has 1 fully saturated rings. The van der Waals surface area contributed by atoms with Gasteiger partial charge in [0.25, 0.3) is 0 Å². The second-order valence-corrected chi connectivity index (χ2v) is 9.44. The summed E-state index contributed by atoms with van der Waals surface area (Å²) in [5, 5.41) is 0.957. The molecule has 0 radical (unpaired) electrons. The van der Waals surface area contributed by atoms with Crippen LogP contribution in [0, 0.1) is 0 Å². The average molecular weight is 535 g/mol. The molecule has 0 unspecified atom stereocenters. The zero-order valence-electron chi connectivity index (χ0n) is 18.7. The Hall–Kier alpha value is -2.42. The van der Waals surface area contributed by atoms with Gasteiger partial charge in [-0.05, 0) is 59.5 Å². The van der Waals surface area contributed by atoms with Gasteiger partial charge < -0.3 is 18.9 Å². The SMILES string of the molecule is CCOC(=O)c1cn(C2CC2)c2c(COCc3cc(N(C)C)ncc3Br)c(Cl)ccc2c1=O. The van der Waals surface area contributed by atoms with E-state index in [9.17, 15) is 9.59 Å². The highest BCUT2D eigenvalue weighted by Gasteiger charge is 2.28. The molecule has 1 saturated carbocycles. The molecule has 0 aliphatic heterocycles. The van der Waals surface area contributed by atoms with Gasteiger partial charge >= 0.3 is 5.97 Å². The summed E-state index contributed by atoms with van der Waals surface area (Å²) < 4.78 is 14.0. The monoisotopic (exact) mass is 533 g/mol. The Balaban J connectivity index is 1.70. The van der Waals surface area contributed by atoms with E-state index in [4.69, 9.17) is 21.1 Å². The summed E-state index contributed by atoms with van der Waals surface area (Å²) in [5.74, 6) is 0.222. The number of benzene rings is 1. The lowest BCUT2D eigenvalue weighted by Gasteiger charge is -2.18. The molecular formula is C24H25BrClN3O4. The van der Waals surface area contributed by atoms with Gasteiger partial charge in [0.2, 0.25) is 5.43 Å². The van der Waals surface area contributed by atoms with E-state index < -0.39 is 5.97 Å². The fourth-order valence-electron chi connectivity index (χ4n) is 3.72. The molecule has 2 aromatic heterocycles. The molecule has 4 rings (SSSR count). The zero-order chi connectivity index (χ0) is 23.7. The van der Waals surface area contributed by atoms with Gasteiger partial charge in [0.15, 0.2) is 0 Å². The predicted octanol–water partition coefficient (Wildman–Crippen LogP) is 5.11. The average Bonchev–Trinajstić information content (AvgIpc) is 3.62. The molecule has 1 aliphatic rings. The van der Waals surface area contributed by atoms with Gasteiger partial charge in [0.05, 0.1) is 25.3 Å². The number of hydrogen-bond acceptors (Lipinski definition) is 6.